The summed E-state index contributed by atoms with van der Waals surface area (Å²) >= 11 is 2.73. The number of hydrogen-bond donors (Lipinski definition) is 1. The Bertz CT molecular complexity index is 657. The van der Waals surface area contributed by atoms with E-state index in [0.29, 0.717) is 0 Å². The zero-order chi connectivity index (χ0) is 15.9. The SMILES string of the molecule is CCSC(=O)Nc1ccc(Sc2ccc([N+](=O)[O-])cc2)cc1. The van der Waals surface area contributed by atoms with Gasteiger partial charge in [0.25, 0.3) is 10.9 Å². The van der Waals surface area contributed by atoms with E-state index in [9.17, 15) is 14.9 Å². The molecule has 0 aliphatic carbocycles. The fraction of sp³-hybridized carbons (Fsp3) is 0.133. The van der Waals surface area contributed by atoms with Crippen LogP contribution in [0.4, 0.5) is 16.2 Å². The van der Waals surface area contributed by atoms with Crippen LogP contribution in [0.5, 0.6) is 0 Å². The van der Waals surface area contributed by atoms with Gasteiger partial charge in [0, 0.05) is 27.6 Å². The Hall–Kier alpha value is -1.99. The Morgan fingerprint density at radius 3 is 2.14 bits per heavy atom. The van der Waals surface area contributed by atoms with E-state index in [0.717, 1.165) is 21.2 Å². The Morgan fingerprint density at radius 2 is 1.64 bits per heavy atom. The molecule has 0 spiro atoms. The number of nitrogens with one attached hydrogen (secondary N) is 1. The number of thioether (sulfide) groups is 1. The minimum atomic E-state index is -0.416. The molecule has 0 radical (unpaired) electrons. The molecule has 1 amide bonds. The van der Waals surface area contributed by atoms with E-state index in [-0.39, 0.29) is 10.9 Å². The minimum absolute atomic E-state index is 0.0710. The highest BCUT2D eigenvalue weighted by atomic mass is 32.2. The molecule has 0 bridgehead atoms. The standard InChI is InChI=1S/C15H14N2O3S2/c1-2-21-15(18)16-11-3-7-13(8-4-11)22-14-9-5-12(6-10-14)17(19)20/h3-10H,2H2,1H3,(H,16,18). The molecule has 0 aromatic heterocycles. The van der Waals surface area contributed by atoms with Crippen molar-refractivity contribution in [3.8, 4) is 0 Å². The van der Waals surface area contributed by atoms with Gasteiger partial charge in [0.2, 0.25) is 0 Å². The number of carbonyl (C=O) groups excluding carboxylic acids is 1. The molecule has 0 heterocycles. The summed E-state index contributed by atoms with van der Waals surface area (Å²) < 4.78 is 0. The lowest BCUT2D eigenvalue weighted by atomic mass is 10.3. The maximum absolute atomic E-state index is 11.5. The molecule has 2 rings (SSSR count). The molecule has 0 saturated carbocycles. The van der Waals surface area contributed by atoms with E-state index < -0.39 is 4.92 Å². The smallest absolute Gasteiger partial charge is 0.283 e. The van der Waals surface area contributed by atoms with Gasteiger partial charge in [-0.15, -0.1) is 0 Å². The van der Waals surface area contributed by atoms with E-state index in [1.54, 1.807) is 12.1 Å². The summed E-state index contributed by atoms with van der Waals surface area (Å²) in [6.07, 6.45) is 0. The highest BCUT2D eigenvalue weighted by molar-refractivity contribution is 8.13. The van der Waals surface area contributed by atoms with Crippen molar-refractivity contribution >= 4 is 40.1 Å². The molecule has 2 aromatic rings. The van der Waals surface area contributed by atoms with Gasteiger partial charge in [-0.3, -0.25) is 14.9 Å². The number of nitrogens with zero attached hydrogens (tertiary/aromatic N) is 1. The van der Waals surface area contributed by atoms with Crippen molar-refractivity contribution in [2.45, 2.75) is 16.7 Å². The van der Waals surface area contributed by atoms with Crippen LogP contribution in [0.15, 0.2) is 58.3 Å². The van der Waals surface area contributed by atoms with Gasteiger partial charge in [-0.05, 0) is 42.2 Å². The summed E-state index contributed by atoms with van der Waals surface area (Å²) in [4.78, 5) is 23.6. The largest absolute Gasteiger partial charge is 0.317 e. The van der Waals surface area contributed by atoms with Crippen LogP contribution in [0.2, 0.25) is 0 Å². The minimum Gasteiger partial charge on any atom is -0.317 e. The number of nitro benzene ring substituents is 1. The van der Waals surface area contributed by atoms with Gasteiger partial charge in [-0.2, -0.15) is 0 Å². The van der Waals surface area contributed by atoms with Crippen LogP contribution in [0.25, 0.3) is 0 Å². The maximum Gasteiger partial charge on any atom is 0.283 e. The van der Waals surface area contributed by atoms with Crippen molar-refractivity contribution in [1.82, 2.24) is 0 Å². The van der Waals surface area contributed by atoms with Gasteiger partial charge in [0.15, 0.2) is 0 Å². The Morgan fingerprint density at radius 1 is 1.09 bits per heavy atom. The van der Waals surface area contributed by atoms with Crippen molar-refractivity contribution < 1.29 is 9.72 Å². The zero-order valence-electron chi connectivity index (χ0n) is 11.8. The second-order valence-corrected chi connectivity index (χ2v) is 6.61. The second-order valence-electron chi connectivity index (χ2n) is 4.22. The van der Waals surface area contributed by atoms with Crippen LogP contribution in [-0.4, -0.2) is 15.9 Å². The summed E-state index contributed by atoms with van der Waals surface area (Å²) in [6.45, 7) is 1.92. The summed E-state index contributed by atoms with van der Waals surface area (Å²) in [6, 6.07) is 13.9. The molecule has 0 fully saturated rings. The number of amides is 1. The highest BCUT2D eigenvalue weighted by Gasteiger charge is 2.05. The molecule has 22 heavy (non-hydrogen) atoms. The molecule has 0 aliphatic rings. The van der Waals surface area contributed by atoms with Gasteiger partial charge in [0.05, 0.1) is 4.92 Å². The van der Waals surface area contributed by atoms with Crippen LogP contribution in [-0.2, 0) is 0 Å². The summed E-state index contributed by atoms with van der Waals surface area (Å²) in [5, 5.41) is 13.3. The highest BCUT2D eigenvalue weighted by Crippen LogP contribution is 2.29. The first-order chi connectivity index (χ1) is 10.6. The number of benzene rings is 2. The topological polar surface area (TPSA) is 72.2 Å². The lowest BCUT2D eigenvalue weighted by Crippen LogP contribution is -2.04. The van der Waals surface area contributed by atoms with Crippen molar-refractivity contribution in [2.75, 3.05) is 11.1 Å². The summed E-state index contributed by atoms with van der Waals surface area (Å²) in [7, 11) is 0. The lowest BCUT2D eigenvalue weighted by Gasteiger charge is -2.05. The van der Waals surface area contributed by atoms with Crippen molar-refractivity contribution in [3.05, 3.63) is 58.6 Å². The first-order valence-corrected chi connectivity index (χ1v) is 8.35. The fourth-order valence-electron chi connectivity index (χ4n) is 1.66. The lowest BCUT2D eigenvalue weighted by molar-refractivity contribution is -0.384. The quantitative estimate of drug-likeness (QED) is 0.613. The van der Waals surface area contributed by atoms with Crippen LogP contribution < -0.4 is 5.32 Å². The molecule has 0 atom stereocenters. The first kappa shape index (κ1) is 16.4. The summed E-state index contributed by atoms with van der Waals surface area (Å²) in [5.74, 6) is 0.736. The molecule has 1 N–H and O–H groups in total. The van der Waals surface area contributed by atoms with Crippen LogP contribution >= 0.6 is 23.5 Å². The van der Waals surface area contributed by atoms with Gasteiger partial charge >= 0.3 is 0 Å². The van der Waals surface area contributed by atoms with Crippen molar-refractivity contribution in [2.24, 2.45) is 0 Å². The number of anilines is 1. The number of rotatable bonds is 5. The number of hydrogen-bond acceptors (Lipinski definition) is 5. The Kier molecular flexibility index (Phi) is 5.85. The van der Waals surface area contributed by atoms with Crippen molar-refractivity contribution in [3.63, 3.8) is 0 Å². The average molecular weight is 334 g/mol. The zero-order valence-corrected chi connectivity index (χ0v) is 13.4. The van der Waals surface area contributed by atoms with E-state index in [1.165, 1.54) is 35.7 Å². The predicted octanol–water partition coefficient (Wildman–Crippen LogP) is 5.03. The predicted molar refractivity (Wildman–Crippen MR) is 90.8 cm³/mol. The maximum atomic E-state index is 11.5. The van der Waals surface area contributed by atoms with Gasteiger partial charge in [-0.1, -0.05) is 30.4 Å². The molecule has 5 nitrogen and oxygen atoms in total. The third-order valence-corrected chi connectivity index (χ3v) is 4.33. The normalized spacial score (nSPS) is 10.2. The third-order valence-electron chi connectivity index (χ3n) is 2.66. The van der Waals surface area contributed by atoms with E-state index in [2.05, 4.69) is 5.32 Å². The molecule has 114 valence electrons. The van der Waals surface area contributed by atoms with Crippen LogP contribution in [0.3, 0.4) is 0 Å². The molecule has 0 aliphatic heterocycles. The molecule has 0 saturated heterocycles. The number of carbonyl (C=O) groups is 1. The molecule has 2 aromatic carbocycles. The number of nitro groups is 1. The van der Waals surface area contributed by atoms with Gasteiger partial charge in [0.1, 0.15) is 0 Å². The van der Waals surface area contributed by atoms with E-state index in [1.807, 2.05) is 31.2 Å². The van der Waals surface area contributed by atoms with Crippen LogP contribution in [0.1, 0.15) is 6.92 Å². The molecule has 0 unspecified atom stereocenters. The molecule has 7 heteroatoms. The Balaban J connectivity index is 1.98. The fourth-order valence-corrected chi connectivity index (χ4v) is 2.93. The molecular weight excluding hydrogens is 320 g/mol. The number of non-ortho nitro benzene ring substituents is 1. The second kappa shape index (κ2) is 7.86. The van der Waals surface area contributed by atoms with Crippen molar-refractivity contribution in [1.29, 1.82) is 0 Å². The van der Waals surface area contributed by atoms with E-state index >= 15 is 0 Å². The van der Waals surface area contributed by atoms with Gasteiger partial charge in [-0.25, -0.2) is 0 Å². The summed E-state index contributed by atoms with van der Waals surface area (Å²) in [5.41, 5.74) is 0.829. The monoisotopic (exact) mass is 334 g/mol. The average Bonchev–Trinajstić information content (AvgIpc) is 2.50. The first-order valence-electron chi connectivity index (χ1n) is 6.54. The van der Waals surface area contributed by atoms with Crippen LogP contribution in [0, 0.1) is 10.1 Å². The van der Waals surface area contributed by atoms with E-state index in [4.69, 9.17) is 0 Å². The molecular formula is C15H14N2O3S2. The third kappa shape index (κ3) is 4.78. The Labute approximate surface area is 136 Å². The van der Waals surface area contributed by atoms with Gasteiger partial charge < -0.3 is 5.32 Å².